The van der Waals surface area contributed by atoms with Crippen molar-refractivity contribution < 1.29 is 4.39 Å². The first-order valence-electron chi connectivity index (χ1n) is 10.3. The Morgan fingerprint density at radius 2 is 1.59 bits per heavy atom. The average molecular weight is 411 g/mol. The first kappa shape index (κ1) is 20.1. The summed E-state index contributed by atoms with van der Waals surface area (Å²) < 4.78 is 15.7. The van der Waals surface area contributed by atoms with Gasteiger partial charge in [-0.05, 0) is 69.6 Å². The highest BCUT2D eigenvalue weighted by molar-refractivity contribution is 7.99. The van der Waals surface area contributed by atoms with Crippen LogP contribution in [0.5, 0.6) is 0 Å². The molecule has 1 fully saturated rings. The van der Waals surface area contributed by atoms with Crippen molar-refractivity contribution in [3.63, 3.8) is 0 Å². The summed E-state index contributed by atoms with van der Waals surface area (Å²) in [6.45, 7) is 6.54. The van der Waals surface area contributed by atoms with Gasteiger partial charge >= 0.3 is 0 Å². The standard InChI is InChI=1S/C23H27FN4S/c1-17(27-15-7-4-8-16-27)22-25-26-23(28(22)21-13-11-20(24)12-14-21)29-18(2)19-9-5-3-6-10-19/h3,5-6,9-14,17-18H,4,7-8,15-16H2,1-2H3/t17-,18-/m0/s1. The minimum absolute atomic E-state index is 0.161. The fraction of sp³-hybridized carbons (Fsp3) is 0.391. The van der Waals surface area contributed by atoms with Gasteiger partial charge in [0.05, 0.1) is 6.04 Å². The molecule has 0 N–H and O–H groups in total. The fourth-order valence-electron chi connectivity index (χ4n) is 3.88. The van der Waals surface area contributed by atoms with E-state index in [2.05, 4.69) is 57.8 Å². The molecular weight excluding hydrogens is 383 g/mol. The number of hydrogen-bond donors (Lipinski definition) is 0. The molecule has 1 aromatic heterocycles. The molecule has 0 amide bonds. The van der Waals surface area contributed by atoms with Crippen molar-refractivity contribution in [2.75, 3.05) is 13.1 Å². The van der Waals surface area contributed by atoms with E-state index in [1.807, 2.05) is 18.2 Å². The van der Waals surface area contributed by atoms with Crippen molar-refractivity contribution in [3.05, 3.63) is 71.8 Å². The lowest BCUT2D eigenvalue weighted by Gasteiger charge is -2.32. The topological polar surface area (TPSA) is 34.0 Å². The molecule has 4 nitrogen and oxygen atoms in total. The smallest absolute Gasteiger partial charge is 0.196 e. The van der Waals surface area contributed by atoms with E-state index in [0.717, 1.165) is 29.8 Å². The predicted molar refractivity (Wildman–Crippen MR) is 116 cm³/mol. The minimum atomic E-state index is -0.237. The van der Waals surface area contributed by atoms with Gasteiger partial charge in [-0.2, -0.15) is 0 Å². The molecule has 0 radical (unpaired) electrons. The highest BCUT2D eigenvalue weighted by atomic mass is 32.2. The molecule has 1 aliphatic heterocycles. The van der Waals surface area contributed by atoms with Crippen LogP contribution in [0.4, 0.5) is 4.39 Å². The third kappa shape index (κ3) is 4.54. The van der Waals surface area contributed by atoms with Crippen LogP contribution in [0.25, 0.3) is 5.69 Å². The first-order valence-corrected chi connectivity index (χ1v) is 11.2. The maximum absolute atomic E-state index is 13.6. The monoisotopic (exact) mass is 410 g/mol. The Balaban J connectivity index is 1.69. The van der Waals surface area contributed by atoms with Gasteiger partial charge in [0.1, 0.15) is 5.82 Å². The number of thioether (sulfide) groups is 1. The van der Waals surface area contributed by atoms with Crippen molar-refractivity contribution >= 4 is 11.8 Å². The zero-order chi connectivity index (χ0) is 20.2. The van der Waals surface area contributed by atoms with Gasteiger partial charge < -0.3 is 0 Å². The van der Waals surface area contributed by atoms with Gasteiger partial charge in [-0.1, -0.05) is 48.5 Å². The predicted octanol–water partition coefficient (Wildman–Crippen LogP) is 5.81. The van der Waals surface area contributed by atoms with E-state index in [4.69, 9.17) is 0 Å². The minimum Gasteiger partial charge on any atom is -0.294 e. The van der Waals surface area contributed by atoms with Gasteiger partial charge in [-0.15, -0.1) is 10.2 Å². The molecular formula is C23H27FN4S. The number of benzene rings is 2. The lowest BCUT2D eigenvalue weighted by atomic mass is 10.1. The SMILES string of the molecule is C[C@H](Sc1nnc([C@H](C)N2CCCCC2)n1-c1ccc(F)cc1)c1ccccc1. The van der Waals surface area contributed by atoms with Gasteiger partial charge in [0.25, 0.3) is 0 Å². The summed E-state index contributed by atoms with van der Waals surface area (Å²) in [7, 11) is 0. The summed E-state index contributed by atoms with van der Waals surface area (Å²) in [5.74, 6) is 0.681. The fourth-order valence-corrected chi connectivity index (χ4v) is 4.88. The van der Waals surface area contributed by atoms with Crippen LogP contribution in [0.15, 0.2) is 59.8 Å². The molecule has 3 aromatic rings. The molecule has 2 atom stereocenters. The lowest BCUT2D eigenvalue weighted by molar-refractivity contribution is 0.167. The molecule has 1 aliphatic rings. The Kier molecular flexibility index (Phi) is 6.31. The summed E-state index contributed by atoms with van der Waals surface area (Å²) in [5, 5.41) is 10.2. The third-order valence-corrected chi connectivity index (χ3v) is 6.71. The van der Waals surface area contributed by atoms with Crippen LogP contribution in [0, 0.1) is 5.82 Å². The molecule has 0 spiro atoms. The molecule has 0 bridgehead atoms. The van der Waals surface area contributed by atoms with Crippen molar-refractivity contribution in [1.29, 1.82) is 0 Å². The molecule has 1 saturated heterocycles. The highest BCUT2D eigenvalue weighted by Crippen LogP contribution is 2.36. The summed E-state index contributed by atoms with van der Waals surface area (Å²) in [6.07, 6.45) is 3.74. The van der Waals surface area contributed by atoms with E-state index in [1.54, 1.807) is 11.8 Å². The maximum atomic E-state index is 13.6. The second-order valence-corrected chi connectivity index (χ2v) is 8.90. The molecule has 0 saturated carbocycles. The number of nitrogens with zero attached hydrogens (tertiary/aromatic N) is 4. The molecule has 6 heteroatoms. The van der Waals surface area contributed by atoms with Crippen molar-refractivity contribution in [3.8, 4) is 5.69 Å². The summed E-state index contributed by atoms with van der Waals surface area (Å²) in [4.78, 5) is 2.47. The average Bonchev–Trinajstić information content (AvgIpc) is 3.18. The zero-order valence-corrected chi connectivity index (χ0v) is 17.8. The van der Waals surface area contributed by atoms with E-state index in [0.29, 0.717) is 0 Å². The van der Waals surface area contributed by atoms with E-state index in [-0.39, 0.29) is 17.1 Å². The van der Waals surface area contributed by atoms with E-state index in [1.165, 1.54) is 37.0 Å². The second-order valence-electron chi connectivity index (χ2n) is 7.60. The van der Waals surface area contributed by atoms with E-state index >= 15 is 0 Å². The molecule has 4 rings (SSSR count). The Morgan fingerprint density at radius 1 is 0.897 bits per heavy atom. The quantitative estimate of drug-likeness (QED) is 0.481. The van der Waals surface area contributed by atoms with Gasteiger partial charge in [-0.25, -0.2) is 4.39 Å². The largest absolute Gasteiger partial charge is 0.294 e. The number of rotatable bonds is 6. The molecule has 0 aliphatic carbocycles. The number of likely N-dealkylation sites (tertiary alicyclic amines) is 1. The van der Waals surface area contributed by atoms with Crippen LogP contribution in [-0.2, 0) is 0 Å². The van der Waals surface area contributed by atoms with Crippen LogP contribution < -0.4 is 0 Å². The van der Waals surface area contributed by atoms with Crippen LogP contribution in [0.1, 0.15) is 55.8 Å². The van der Waals surface area contributed by atoms with Crippen LogP contribution >= 0.6 is 11.8 Å². The summed E-state index contributed by atoms with van der Waals surface area (Å²) in [6, 6.07) is 17.2. The first-order chi connectivity index (χ1) is 14.1. The van der Waals surface area contributed by atoms with Crippen LogP contribution in [0.2, 0.25) is 0 Å². The number of piperidine rings is 1. The van der Waals surface area contributed by atoms with Crippen LogP contribution in [0.3, 0.4) is 0 Å². The van der Waals surface area contributed by atoms with Crippen molar-refractivity contribution in [2.45, 2.75) is 49.6 Å². The van der Waals surface area contributed by atoms with Crippen molar-refractivity contribution in [2.24, 2.45) is 0 Å². The van der Waals surface area contributed by atoms with Gasteiger partial charge in [0, 0.05) is 10.9 Å². The van der Waals surface area contributed by atoms with E-state index < -0.39 is 0 Å². The summed E-state index contributed by atoms with van der Waals surface area (Å²) >= 11 is 1.68. The highest BCUT2D eigenvalue weighted by Gasteiger charge is 2.26. The molecule has 2 aromatic carbocycles. The van der Waals surface area contributed by atoms with Gasteiger partial charge in [-0.3, -0.25) is 9.47 Å². The van der Waals surface area contributed by atoms with Crippen molar-refractivity contribution in [1.82, 2.24) is 19.7 Å². The Labute approximate surface area is 176 Å². The normalized spacial score (nSPS) is 17.2. The Morgan fingerprint density at radius 3 is 2.28 bits per heavy atom. The molecule has 152 valence electrons. The summed E-state index contributed by atoms with van der Waals surface area (Å²) in [5.41, 5.74) is 2.15. The lowest BCUT2D eigenvalue weighted by Crippen LogP contribution is -2.33. The second kappa shape index (κ2) is 9.09. The van der Waals surface area contributed by atoms with Gasteiger partial charge in [0.2, 0.25) is 0 Å². The molecule has 2 heterocycles. The zero-order valence-electron chi connectivity index (χ0n) is 17.0. The maximum Gasteiger partial charge on any atom is 0.196 e. The van der Waals surface area contributed by atoms with Crippen LogP contribution in [-0.4, -0.2) is 32.8 Å². The number of hydrogen-bond acceptors (Lipinski definition) is 4. The molecule has 0 unspecified atom stereocenters. The van der Waals surface area contributed by atoms with Gasteiger partial charge in [0.15, 0.2) is 11.0 Å². The number of aromatic nitrogens is 3. The molecule has 29 heavy (non-hydrogen) atoms. The number of halogens is 1. The third-order valence-electron chi connectivity index (χ3n) is 5.61. The Bertz CT molecular complexity index is 920. The van der Waals surface area contributed by atoms with E-state index in [9.17, 15) is 4.39 Å². The Hall–Kier alpha value is -2.18.